The molecule has 2 aliphatic heterocycles. The molecule has 2 aliphatic rings. The second-order valence-corrected chi connectivity index (χ2v) is 4.40. The first-order valence-corrected chi connectivity index (χ1v) is 6.03. The van der Waals surface area contributed by atoms with E-state index < -0.39 is 0 Å². The molecule has 0 spiro atoms. The Bertz CT molecular complexity index is 506. The van der Waals surface area contributed by atoms with Crippen molar-refractivity contribution >= 4 is 11.7 Å². The first-order valence-electron chi connectivity index (χ1n) is 6.03. The number of methoxy groups -OCH3 is 1. The van der Waals surface area contributed by atoms with Gasteiger partial charge < -0.3 is 9.64 Å². The zero-order chi connectivity index (χ0) is 12.5. The van der Waals surface area contributed by atoms with E-state index in [1.54, 1.807) is 7.11 Å². The Morgan fingerprint density at radius 2 is 2.00 bits per heavy atom. The van der Waals surface area contributed by atoms with Gasteiger partial charge in [0, 0.05) is 13.6 Å². The number of hydrogen-bond acceptors (Lipinski definition) is 5. The lowest BCUT2D eigenvalue weighted by molar-refractivity contribution is 0.393. The van der Waals surface area contributed by atoms with Crippen LogP contribution in [0, 0.1) is 0 Å². The number of guanidine groups is 1. The number of benzene rings is 1. The Labute approximate surface area is 106 Å². The van der Waals surface area contributed by atoms with Crippen LogP contribution in [0.3, 0.4) is 0 Å². The minimum atomic E-state index is 0.829. The van der Waals surface area contributed by atoms with Crippen molar-refractivity contribution < 1.29 is 4.74 Å². The minimum Gasteiger partial charge on any atom is -0.497 e. The molecule has 0 aromatic heterocycles. The average Bonchev–Trinajstić information content (AvgIpc) is 2.88. The molecule has 0 unspecified atom stereocenters. The second kappa shape index (κ2) is 4.33. The van der Waals surface area contributed by atoms with Gasteiger partial charge in [-0.15, -0.1) is 0 Å². The summed E-state index contributed by atoms with van der Waals surface area (Å²) in [6.07, 6.45) is 0. The van der Waals surface area contributed by atoms with E-state index in [0.717, 1.165) is 42.6 Å². The van der Waals surface area contributed by atoms with E-state index in [4.69, 9.17) is 4.74 Å². The summed E-state index contributed by atoms with van der Waals surface area (Å²) in [5.74, 6) is 1.85. The summed E-state index contributed by atoms with van der Waals surface area (Å²) in [5, 5.41) is 6.44. The molecule has 0 N–H and O–H groups in total. The maximum Gasteiger partial charge on any atom is 0.217 e. The Morgan fingerprint density at radius 3 is 2.72 bits per heavy atom. The van der Waals surface area contributed by atoms with E-state index in [0.29, 0.717) is 0 Å². The largest absolute Gasteiger partial charge is 0.497 e. The molecule has 2 heterocycles. The standard InChI is InChI=1S/C13H16N4O/c1-16-13-14-7-8-17(13)9-12(15-16)10-3-5-11(18-2)6-4-10/h3-6H,7-9H2,1-2H3. The molecule has 3 rings (SSSR count). The first-order chi connectivity index (χ1) is 8.78. The quantitative estimate of drug-likeness (QED) is 0.779. The molecule has 0 atom stereocenters. The second-order valence-electron chi connectivity index (χ2n) is 4.40. The first kappa shape index (κ1) is 11.1. The highest BCUT2D eigenvalue weighted by Crippen LogP contribution is 2.17. The minimum absolute atomic E-state index is 0.829. The molecule has 1 aromatic rings. The lowest BCUT2D eigenvalue weighted by Crippen LogP contribution is -2.45. The van der Waals surface area contributed by atoms with Crippen LogP contribution < -0.4 is 4.74 Å². The van der Waals surface area contributed by atoms with E-state index in [1.165, 1.54) is 0 Å². The molecule has 0 aliphatic carbocycles. The van der Waals surface area contributed by atoms with E-state index >= 15 is 0 Å². The highest BCUT2D eigenvalue weighted by molar-refractivity contribution is 6.06. The Kier molecular flexibility index (Phi) is 2.66. The maximum atomic E-state index is 5.17. The van der Waals surface area contributed by atoms with Gasteiger partial charge in [0.25, 0.3) is 0 Å². The molecule has 94 valence electrons. The van der Waals surface area contributed by atoms with Crippen LogP contribution in [0.15, 0.2) is 34.4 Å². The molecular weight excluding hydrogens is 228 g/mol. The molecule has 0 saturated carbocycles. The van der Waals surface area contributed by atoms with Crippen molar-refractivity contribution in [1.82, 2.24) is 9.91 Å². The topological polar surface area (TPSA) is 40.4 Å². The lowest BCUT2D eigenvalue weighted by Gasteiger charge is -2.30. The molecule has 0 bridgehead atoms. The number of aliphatic imine (C=N–C) groups is 1. The van der Waals surface area contributed by atoms with Gasteiger partial charge in [-0.1, -0.05) is 0 Å². The van der Waals surface area contributed by atoms with Gasteiger partial charge >= 0.3 is 0 Å². The molecule has 0 fully saturated rings. The normalized spacial score (nSPS) is 18.3. The van der Waals surface area contributed by atoms with E-state index in [-0.39, 0.29) is 0 Å². The van der Waals surface area contributed by atoms with E-state index in [9.17, 15) is 0 Å². The summed E-state index contributed by atoms with van der Waals surface area (Å²) < 4.78 is 5.17. The van der Waals surface area contributed by atoms with Gasteiger partial charge in [0.1, 0.15) is 5.75 Å². The monoisotopic (exact) mass is 244 g/mol. The third-order valence-corrected chi connectivity index (χ3v) is 3.23. The number of fused-ring (bicyclic) bond motifs is 1. The van der Waals surface area contributed by atoms with Crippen LogP contribution >= 0.6 is 0 Å². The lowest BCUT2D eigenvalue weighted by atomic mass is 10.1. The predicted octanol–water partition coefficient (Wildman–Crippen LogP) is 1.02. The molecule has 0 radical (unpaired) electrons. The zero-order valence-electron chi connectivity index (χ0n) is 10.6. The fraction of sp³-hybridized carbons (Fsp3) is 0.385. The van der Waals surface area contributed by atoms with Crippen molar-refractivity contribution in [3.05, 3.63) is 29.8 Å². The number of ether oxygens (including phenoxy) is 1. The van der Waals surface area contributed by atoms with Gasteiger partial charge in [0.15, 0.2) is 0 Å². The number of hydrazone groups is 1. The van der Waals surface area contributed by atoms with Crippen LogP contribution in [0.2, 0.25) is 0 Å². The molecular formula is C13H16N4O. The van der Waals surface area contributed by atoms with Crippen LogP contribution in [-0.2, 0) is 0 Å². The van der Waals surface area contributed by atoms with Gasteiger partial charge in [0.2, 0.25) is 5.96 Å². The van der Waals surface area contributed by atoms with Crippen molar-refractivity contribution in [3.63, 3.8) is 0 Å². The molecule has 0 amide bonds. The van der Waals surface area contributed by atoms with Crippen LogP contribution in [0.4, 0.5) is 0 Å². The smallest absolute Gasteiger partial charge is 0.217 e. The summed E-state index contributed by atoms with van der Waals surface area (Å²) in [7, 11) is 3.62. The highest BCUT2D eigenvalue weighted by Gasteiger charge is 2.26. The zero-order valence-corrected chi connectivity index (χ0v) is 10.6. The van der Waals surface area contributed by atoms with Gasteiger partial charge in [-0.3, -0.25) is 0 Å². The van der Waals surface area contributed by atoms with Crippen molar-refractivity contribution in [2.24, 2.45) is 10.1 Å². The number of nitrogens with zero attached hydrogens (tertiary/aromatic N) is 4. The van der Waals surface area contributed by atoms with Crippen LogP contribution in [0.5, 0.6) is 5.75 Å². The van der Waals surface area contributed by atoms with Gasteiger partial charge in [-0.05, 0) is 29.8 Å². The van der Waals surface area contributed by atoms with Crippen molar-refractivity contribution in [2.75, 3.05) is 33.8 Å². The van der Waals surface area contributed by atoms with Crippen molar-refractivity contribution in [3.8, 4) is 5.75 Å². The highest BCUT2D eigenvalue weighted by atomic mass is 16.5. The van der Waals surface area contributed by atoms with E-state index in [1.807, 2.05) is 36.3 Å². The Hall–Kier alpha value is -2.04. The van der Waals surface area contributed by atoms with Gasteiger partial charge in [-0.25, -0.2) is 10.0 Å². The van der Waals surface area contributed by atoms with E-state index in [2.05, 4.69) is 15.0 Å². The predicted molar refractivity (Wildman–Crippen MR) is 71.2 cm³/mol. The third-order valence-electron chi connectivity index (χ3n) is 3.23. The number of rotatable bonds is 2. The summed E-state index contributed by atoms with van der Waals surface area (Å²) in [4.78, 5) is 6.69. The van der Waals surface area contributed by atoms with Crippen LogP contribution in [0.1, 0.15) is 5.56 Å². The third kappa shape index (κ3) is 1.81. The maximum absolute atomic E-state index is 5.17. The fourth-order valence-electron chi connectivity index (χ4n) is 2.30. The molecule has 0 saturated heterocycles. The SMILES string of the molecule is COc1ccc(C2=NN(C)C3=NCCN3C2)cc1. The van der Waals surface area contributed by atoms with Crippen molar-refractivity contribution in [1.29, 1.82) is 0 Å². The molecule has 5 heteroatoms. The van der Waals surface area contributed by atoms with Gasteiger partial charge in [0.05, 0.1) is 25.9 Å². The summed E-state index contributed by atoms with van der Waals surface area (Å²) >= 11 is 0. The molecule has 5 nitrogen and oxygen atoms in total. The number of hydrogen-bond donors (Lipinski definition) is 0. The summed E-state index contributed by atoms with van der Waals surface area (Å²) in [6.45, 7) is 2.68. The van der Waals surface area contributed by atoms with Gasteiger partial charge in [-0.2, -0.15) is 5.10 Å². The molecule has 1 aromatic carbocycles. The van der Waals surface area contributed by atoms with Crippen LogP contribution in [0.25, 0.3) is 0 Å². The Morgan fingerprint density at radius 1 is 1.22 bits per heavy atom. The average molecular weight is 244 g/mol. The molecule has 18 heavy (non-hydrogen) atoms. The Balaban J connectivity index is 1.88. The summed E-state index contributed by atoms with van der Waals surface area (Å²) in [6, 6.07) is 8.02. The van der Waals surface area contributed by atoms with Crippen molar-refractivity contribution in [2.45, 2.75) is 0 Å². The fourth-order valence-corrected chi connectivity index (χ4v) is 2.30. The van der Waals surface area contributed by atoms with Crippen LogP contribution in [-0.4, -0.2) is 55.4 Å². The summed E-state index contributed by atoms with van der Waals surface area (Å²) in [5.41, 5.74) is 2.20.